The minimum atomic E-state index is -4.20. The fraction of sp³-hybridized carbons (Fsp3) is 0.444. The highest BCUT2D eigenvalue weighted by Gasteiger charge is 2.52. The van der Waals surface area contributed by atoms with Gasteiger partial charge in [0.05, 0.1) is 22.8 Å². The number of hydrogen-bond donors (Lipinski definition) is 0. The average Bonchev–Trinajstić information content (AvgIpc) is 3.24. The molecule has 0 radical (unpaired) electrons. The van der Waals surface area contributed by atoms with Crippen LogP contribution in [0.2, 0.25) is 0 Å². The van der Waals surface area contributed by atoms with Crippen LogP contribution in [0.4, 0.5) is 0 Å². The first-order chi connectivity index (χ1) is 17.1. The van der Waals surface area contributed by atoms with Crippen LogP contribution in [0.25, 0.3) is 0 Å². The van der Waals surface area contributed by atoms with E-state index in [9.17, 15) is 17.4 Å². The first-order valence-corrected chi connectivity index (χ1v) is 15.3. The lowest BCUT2D eigenvalue weighted by Crippen LogP contribution is -2.40. The van der Waals surface area contributed by atoms with Crippen molar-refractivity contribution < 1.29 is 22.2 Å². The van der Waals surface area contributed by atoms with Gasteiger partial charge >= 0.3 is 5.97 Å². The van der Waals surface area contributed by atoms with Gasteiger partial charge in [-0.25, -0.2) is 8.51 Å². The number of carbonyl (C=O) groups excluding carboxylic acids is 1. The van der Waals surface area contributed by atoms with Crippen LogP contribution >= 0.6 is 0 Å². The number of esters is 1. The van der Waals surface area contributed by atoms with Crippen molar-refractivity contribution in [2.75, 3.05) is 13.7 Å². The minimum Gasteiger partial charge on any atom is -0.469 e. The predicted octanol–water partition coefficient (Wildman–Crippen LogP) is 4.65. The lowest BCUT2D eigenvalue weighted by atomic mass is 9.69. The Labute approximate surface area is 213 Å². The Morgan fingerprint density at radius 3 is 2.19 bits per heavy atom. The first-order valence-electron chi connectivity index (χ1n) is 12.3. The molecule has 1 unspecified atom stereocenters. The largest absolute Gasteiger partial charge is 0.469 e. The number of rotatable bonds is 5. The number of benzene rings is 2. The molecule has 192 valence electrons. The van der Waals surface area contributed by atoms with Gasteiger partial charge < -0.3 is 4.74 Å². The van der Waals surface area contributed by atoms with E-state index in [0.29, 0.717) is 17.9 Å². The Morgan fingerprint density at radius 1 is 0.972 bits per heavy atom. The van der Waals surface area contributed by atoms with Crippen molar-refractivity contribution >= 4 is 25.9 Å². The Hall–Kier alpha value is -2.49. The zero-order chi connectivity index (χ0) is 25.7. The predicted molar refractivity (Wildman–Crippen MR) is 138 cm³/mol. The number of sulfonamides is 1. The van der Waals surface area contributed by atoms with Gasteiger partial charge in [0.1, 0.15) is 0 Å². The second kappa shape index (κ2) is 9.43. The quantitative estimate of drug-likeness (QED) is 0.416. The summed E-state index contributed by atoms with van der Waals surface area (Å²) in [4.78, 5) is 12.8. The third kappa shape index (κ3) is 4.41. The molecule has 5 rings (SSSR count). The molecule has 0 bridgehead atoms. The van der Waals surface area contributed by atoms with Gasteiger partial charge in [0.15, 0.2) is 9.92 Å². The van der Waals surface area contributed by atoms with Crippen molar-refractivity contribution in [3.63, 3.8) is 0 Å². The van der Waals surface area contributed by atoms with E-state index in [1.54, 1.807) is 24.3 Å². The molecule has 2 fully saturated rings. The van der Waals surface area contributed by atoms with Crippen LogP contribution < -0.4 is 0 Å². The van der Waals surface area contributed by atoms with Gasteiger partial charge in [-0.3, -0.25) is 4.79 Å². The molecule has 1 aliphatic heterocycles. The van der Waals surface area contributed by atoms with E-state index < -0.39 is 19.9 Å². The molecule has 36 heavy (non-hydrogen) atoms. The SMILES string of the molecule is COC(=O)[C@H]1C=C2CCC[C@@H]3[C@H]2[C@@H](C1)CN3S(=O)(=NS(=O)(=O)c1ccc(C)cc1)c1ccc(C)cc1. The van der Waals surface area contributed by atoms with Crippen molar-refractivity contribution in [3.8, 4) is 0 Å². The summed E-state index contributed by atoms with van der Waals surface area (Å²) in [5, 5.41) is 0. The normalized spacial score (nSPS) is 27.5. The van der Waals surface area contributed by atoms with Crippen molar-refractivity contribution in [2.24, 2.45) is 21.5 Å². The summed E-state index contributed by atoms with van der Waals surface area (Å²) in [6.45, 7) is 4.23. The van der Waals surface area contributed by atoms with E-state index in [2.05, 4.69) is 3.77 Å². The van der Waals surface area contributed by atoms with E-state index in [1.165, 1.54) is 24.8 Å². The summed E-state index contributed by atoms with van der Waals surface area (Å²) in [6.07, 6.45) is 5.23. The molecule has 2 aromatic carbocycles. The smallest absolute Gasteiger partial charge is 0.312 e. The lowest BCUT2D eigenvalue weighted by molar-refractivity contribution is -0.144. The molecular formula is C27H32N2O5S2. The highest BCUT2D eigenvalue weighted by Crippen LogP contribution is 2.50. The molecule has 2 aliphatic carbocycles. The maximum absolute atomic E-state index is 14.9. The van der Waals surface area contributed by atoms with Gasteiger partial charge in [-0.2, -0.15) is 8.42 Å². The maximum Gasteiger partial charge on any atom is 0.312 e. The first kappa shape index (κ1) is 25.2. The van der Waals surface area contributed by atoms with Gasteiger partial charge in [0.25, 0.3) is 10.0 Å². The average molecular weight is 529 g/mol. The van der Waals surface area contributed by atoms with Crippen molar-refractivity contribution in [1.29, 1.82) is 0 Å². The second-order valence-electron chi connectivity index (χ2n) is 10.1. The molecule has 1 heterocycles. The molecule has 9 heteroatoms. The molecule has 0 spiro atoms. The number of hydrogen-bond acceptors (Lipinski definition) is 5. The van der Waals surface area contributed by atoms with E-state index in [4.69, 9.17) is 4.74 Å². The van der Waals surface area contributed by atoms with Crippen molar-refractivity contribution in [1.82, 2.24) is 4.31 Å². The molecule has 2 aromatic rings. The molecule has 0 aromatic heterocycles. The number of nitrogens with zero attached hydrogens (tertiary/aromatic N) is 2. The van der Waals surface area contributed by atoms with Gasteiger partial charge in [0.2, 0.25) is 0 Å². The van der Waals surface area contributed by atoms with Crippen LogP contribution in [-0.2, 0) is 29.5 Å². The summed E-state index contributed by atoms with van der Waals surface area (Å²) in [5.41, 5.74) is 3.12. The molecule has 0 N–H and O–H groups in total. The topological polar surface area (TPSA) is 93.1 Å². The molecule has 0 amide bonds. The van der Waals surface area contributed by atoms with Gasteiger partial charge in [0, 0.05) is 18.5 Å². The summed E-state index contributed by atoms with van der Waals surface area (Å²) in [7, 11) is -6.30. The highest BCUT2D eigenvalue weighted by molar-refractivity contribution is 8.02. The molecule has 3 aliphatic rings. The van der Waals surface area contributed by atoms with Crippen LogP contribution in [0.5, 0.6) is 0 Å². The fourth-order valence-corrected chi connectivity index (χ4v) is 10.4. The van der Waals surface area contributed by atoms with Gasteiger partial charge in [-0.15, -0.1) is 0 Å². The van der Waals surface area contributed by atoms with Crippen LogP contribution in [0.1, 0.15) is 36.8 Å². The van der Waals surface area contributed by atoms with E-state index in [1.807, 2.05) is 36.4 Å². The van der Waals surface area contributed by atoms with Crippen molar-refractivity contribution in [3.05, 3.63) is 71.3 Å². The Morgan fingerprint density at radius 2 is 1.58 bits per heavy atom. The number of carbonyl (C=O) groups is 1. The Kier molecular flexibility index (Phi) is 6.59. The fourth-order valence-electron chi connectivity index (χ4n) is 6.02. The molecule has 1 saturated carbocycles. The minimum absolute atomic E-state index is 0.0273. The third-order valence-electron chi connectivity index (χ3n) is 7.74. The van der Waals surface area contributed by atoms with Crippen LogP contribution in [0.15, 0.2) is 73.7 Å². The van der Waals surface area contributed by atoms with Gasteiger partial charge in [-0.05, 0) is 69.7 Å². The second-order valence-corrected chi connectivity index (χ2v) is 14.1. The molecule has 5 atom stereocenters. The van der Waals surface area contributed by atoms with E-state index in [0.717, 1.165) is 30.4 Å². The summed E-state index contributed by atoms with van der Waals surface area (Å²) >= 11 is 0. The number of aryl methyl sites for hydroxylation is 2. The summed E-state index contributed by atoms with van der Waals surface area (Å²) in [5.74, 6) is -0.354. The van der Waals surface area contributed by atoms with Crippen molar-refractivity contribution in [2.45, 2.75) is 55.4 Å². The van der Waals surface area contributed by atoms with Gasteiger partial charge in [-0.1, -0.05) is 50.8 Å². The van der Waals surface area contributed by atoms with E-state index in [-0.39, 0.29) is 34.7 Å². The van der Waals surface area contributed by atoms with E-state index >= 15 is 0 Å². The summed E-state index contributed by atoms with van der Waals surface area (Å²) in [6, 6.07) is 13.5. The molecule has 7 nitrogen and oxygen atoms in total. The maximum atomic E-state index is 14.9. The number of methoxy groups -OCH3 is 1. The monoisotopic (exact) mass is 528 g/mol. The standard InChI is InChI=1S/C27H32N2O5S2/c1-18-7-11-23(12-8-18)35(31,28-36(32,33)24-13-9-19(2)10-14-24)29-17-22-16-21(27(30)34-3)15-20-5-4-6-25(29)26(20)22/h7-15,21-22,25-26H,4-6,16-17H2,1-3H3/t21-,22-,25+,26+,35?/m0/s1. The summed E-state index contributed by atoms with van der Waals surface area (Å²) < 4.78 is 53.0. The Balaban J connectivity index is 1.63. The highest BCUT2D eigenvalue weighted by atomic mass is 32.3. The van der Waals surface area contributed by atoms with Crippen LogP contribution in [0, 0.1) is 31.6 Å². The lowest BCUT2D eigenvalue weighted by Gasteiger charge is -2.38. The molecular weight excluding hydrogens is 496 g/mol. The Bertz CT molecular complexity index is 1420. The number of ether oxygens (including phenoxy) is 1. The molecule has 1 saturated heterocycles. The zero-order valence-electron chi connectivity index (χ0n) is 20.8. The van der Waals surface area contributed by atoms with Crippen LogP contribution in [0.3, 0.4) is 0 Å². The zero-order valence-corrected chi connectivity index (χ0v) is 22.4. The van der Waals surface area contributed by atoms with Crippen LogP contribution in [-0.4, -0.2) is 42.6 Å². The third-order valence-corrected chi connectivity index (χ3v) is 12.1.